The molecule has 1 N–H and O–H groups in total. The number of ether oxygens (including phenoxy) is 1. The second-order valence-corrected chi connectivity index (χ2v) is 6.20. The van der Waals surface area contributed by atoms with E-state index >= 15 is 0 Å². The number of halogens is 2. The van der Waals surface area contributed by atoms with E-state index in [-0.39, 0.29) is 0 Å². The molecule has 3 rings (SSSR count). The molecule has 1 heterocycles. The minimum absolute atomic E-state index is 0.342. The molecule has 0 aliphatic heterocycles. The summed E-state index contributed by atoms with van der Waals surface area (Å²) in [6.07, 6.45) is -0.667. The monoisotopic (exact) mass is 376 g/mol. The van der Waals surface area contributed by atoms with E-state index < -0.39 is 6.09 Å². The number of hydrogen-bond donors (Lipinski definition) is 1. The van der Waals surface area contributed by atoms with Gasteiger partial charge in [-0.25, -0.2) is 4.79 Å². The van der Waals surface area contributed by atoms with Crippen LogP contribution in [0.5, 0.6) is 5.75 Å². The van der Waals surface area contributed by atoms with Crippen LogP contribution in [0.1, 0.15) is 11.3 Å². The molecular formula is C18H14Cl2N2O3. The van der Waals surface area contributed by atoms with Gasteiger partial charge in [0, 0.05) is 5.56 Å². The van der Waals surface area contributed by atoms with E-state index in [2.05, 4.69) is 10.5 Å². The second-order valence-electron chi connectivity index (χ2n) is 5.39. The summed E-state index contributed by atoms with van der Waals surface area (Å²) in [6.45, 7) is 3.62. The Labute approximate surface area is 154 Å². The number of carbonyl (C=O) groups excluding carboxylic acids is 1. The van der Waals surface area contributed by atoms with Crippen molar-refractivity contribution in [1.29, 1.82) is 0 Å². The van der Waals surface area contributed by atoms with E-state index in [1.165, 1.54) is 0 Å². The molecule has 0 fully saturated rings. The molecule has 0 atom stereocenters. The quantitative estimate of drug-likeness (QED) is 0.619. The molecular weight excluding hydrogens is 363 g/mol. The molecule has 1 aromatic heterocycles. The van der Waals surface area contributed by atoms with E-state index in [1.54, 1.807) is 37.3 Å². The fourth-order valence-electron chi connectivity index (χ4n) is 2.25. The molecule has 0 unspecified atom stereocenters. The maximum Gasteiger partial charge on any atom is 0.417 e. The second kappa shape index (κ2) is 7.17. The average Bonchev–Trinajstić information content (AvgIpc) is 2.91. The van der Waals surface area contributed by atoms with E-state index in [0.717, 1.165) is 5.56 Å². The molecule has 0 spiro atoms. The van der Waals surface area contributed by atoms with Gasteiger partial charge in [-0.2, -0.15) is 0 Å². The summed E-state index contributed by atoms with van der Waals surface area (Å²) in [5, 5.41) is 7.40. The Morgan fingerprint density at radius 1 is 1.08 bits per heavy atom. The van der Waals surface area contributed by atoms with Crippen molar-refractivity contribution in [2.24, 2.45) is 0 Å². The number of hydrogen-bond acceptors (Lipinski definition) is 4. The molecule has 1 amide bonds. The average molecular weight is 377 g/mol. The van der Waals surface area contributed by atoms with Gasteiger partial charge in [0.25, 0.3) is 0 Å². The third kappa shape index (κ3) is 3.78. The lowest BCUT2D eigenvalue weighted by molar-refractivity contribution is 0.215. The highest BCUT2D eigenvalue weighted by molar-refractivity contribution is 6.39. The Morgan fingerprint density at radius 2 is 1.72 bits per heavy atom. The summed E-state index contributed by atoms with van der Waals surface area (Å²) in [6, 6.07) is 12.2. The van der Waals surface area contributed by atoms with Crippen molar-refractivity contribution < 1.29 is 14.1 Å². The standard InChI is InChI=1S/C18H14Cl2N2O3/c1-10-6-8-12(9-7-10)24-18(23)21-16-11(2)25-22-17(16)15-13(19)4-3-5-14(15)20/h3-9H,1-2H3,(H,21,23). The highest BCUT2D eigenvalue weighted by atomic mass is 35.5. The zero-order valence-corrected chi connectivity index (χ0v) is 15.0. The summed E-state index contributed by atoms with van der Waals surface area (Å²) in [4.78, 5) is 12.2. The van der Waals surface area contributed by atoms with Gasteiger partial charge in [-0.05, 0) is 38.1 Å². The fraction of sp³-hybridized carbons (Fsp3) is 0.111. The SMILES string of the molecule is Cc1ccc(OC(=O)Nc2c(-c3c(Cl)cccc3Cl)noc2C)cc1. The van der Waals surface area contributed by atoms with Crippen molar-refractivity contribution in [2.75, 3.05) is 5.32 Å². The lowest BCUT2D eigenvalue weighted by atomic mass is 10.1. The summed E-state index contributed by atoms with van der Waals surface area (Å²) in [5.74, 6) is 0.835. The number of nitrogens with zero attached hydrogens (tertiary/aromatic N) is 1. The van der Waals surface area contributed by atoms with Crippen molar-refractivity contribution in [2.45, 2.75) is 13.8 Å². The van der Waals surface area contributed by atoms with Gasteiger partial charge in [0.2, 0.25) is 0 Å². The van der Waals surface area contributed by atoms with Gasteiger partial charge in [-0.3, -0.25) is 5.32 Å². The normalized spacial score (nSPS) is 10.6. The first kappa shape index (κ1) is 17.3. The van der Waals surface area contributed by atoms with Crippen molar-refractivity contribution in [1.82, 2.24) is 5.16 Å². The number of rotatable bonds is 3. The molecule has 0 aliphatic rings. The number of benzene rings is 2. The van der Waals surface area contributed by atoms with Crippen LogP contribution in [0.3, 0.4) is 0 Å². The molecule has 0 bridgehead atoms. The predicted octanol–water partition coefficient (Wildman–Crippen LogP) is 5.88. The number of carbonyl (C=O) groups is 1. The zero-order chi connectivity index (χ0) is 18.0. The van der Waals surface area contributed by atoms with Gasteiger partial charge in [0.05, 0.1) is 10.0 Å². The largest absolute Gasteiger partial charge is 0.417 e. The molecule has 0 radical (unpaired) electrons. The van der Waals surface area contributed by atoms with Crippen LogP contribution in [0.15, 0.2) is 47.0 Å². The first-order valence-corrected chi connectivity index (χ1v) is 8.17. The topological polar surface area (TPSA) is 64.4 Å². The first-order chi connectivity index (χ1) is 12.0. The Balaban J connectivity index is 1.87. The van der Waals surface area contributed by atoms with Crippen LogP contribution in [-0.4, -0.2) is 11.2 Å². The van der Waals surface area contributed by atoms with Crippen molar-refractivity contribution in [3.8, 4) is 17.0 Å². The molecule has 7 heteroatoms. The number of aromatic nitrogens is 1. The van der Waals surface area contributed by atoms with Crippen molar-refractivity contribution in [3.05, 3.63) is 63.8 Å². The molecule has 0 aliphatic carbocycles. The smallest absolute Gasteiger partial charge is 0.410 e. The predicted molar refractivity (Wildman–Crippen MR) is 97.5 cm³/mol. The number of aryl methyl sites for hydroxylation is 2. The van der Waals surface area contributed by atoms with Gasteiger partial charge in [-0.15, -0.1) is 0 Å². The Bertz CT molecular complexity index is 900. The number of nitrogens with one attached hydrogen (secondary N) is 1. The van der Waals surface area contributed by atoms with Crippen LogP contribution >= 0.6 is 23.2 Å². The highest BCUT2D eigenvalue weighted by Gasteiger charge is 2.22. The molecule has 128 valence electrons. The van der Waals surface area contributed by atoms with Crippen LogP contribution in [0.2, 0.25) is 10.0 Å². The van der Waals surface area contributed by atoms with Crippen molar-refractivity contribution in [3.63, 3.8) is 0 Å². The maximum atomic E-state index is 12.2. The van der Waals surface area contributed by atoms with Gasteiger partial charge in [0.15, 0.2) is 5.76 Å². The third-order valence-electron chi connectivity index (χ3n) is 3.52. The molecule has 25 heavy (non-hydrogen) atoms. The van der Waals surface area contributed by atoms with Gasteiger partial charge in [0.1, 0.15) is 17.1 Å². The lowest BCUT2D eigenvalue weighted by Crippen LogP contribution is -2.17. The molecule has 3 aromatic rings. The molecule has 2 aromatic carbocycles. The van der Waals surface area contributed by atoms with Crippen LogP contribution in [0.4, 0.5) is 10.5 Å². The molecule has 0 saturated heterocycles. The van der Waals surface area contributed by atoms with Gasteiger partial charge < -0.3 is 9.26 Å². The minimum Gasteiger partial charge on any atom is -0.410 e. The summed E-state index contributed by atoms with van der Waals surface area (Å²) < 4.78 is 10.5. The maximum absolute atomic E-state index is 12.2. The molecule has 0 saturated carbocycles. The van der Waals surface area contributed by atoms with Crippen LogP contribution in [0, 0.1) is 13.8 Å². The van der Waals surface area contributed by atoms with E-state index in [4.69, 9.17) is 32.5 Å². The fourth-order valence-corrected chi connectivity index (χ4v) is 2.83. The third-order valence-corrected chi connectivity index (χ3v) is 4.15. The van der Waals surface area contributed by atoms with Crippen LogP contribution in [0.25, 0.3) is 11.3 Å². The van der Waals surface area contributed by atoms with Gasteiger partial charge in [-0.1, -0.05) is 52.1 Å². The lowest BCUT2D eigenvalue weighted by Gasteiger charge is -2.09. The van der Waals surface area contributed by atoms with Crippen molar-refractivity contribution >= 4 is 35.0 Å². The summed E-state index contributed by atoms with van der Waals surface area (Å²) in [7, 11) is 0. The van der Waals surface area contributed by atoms with Crippen LogP contribution < -0.4 is 10.1 Å². The minimum atomic E-state index is -0.667. The zero-order valence-electron chi connectivity index (χ0n) is 13.5. The van der Waals surface area contributed by atoms with E-state index in [1.807, 2.05) is 19.1 Å². The summed E-state index contributed by atoms with van der Waals surface area (Å²) >= 11 is 12.4. The molecule has 5 nitrogen and oxygen atoms in total. The van der Waals surface area contributed by atoms with E-state index in [0.29, 0.717) is 38.5 Å². The Kier molecular flexibility index (Phi) is 4.97. The Morgan fingerprint density at radius 3 is 2.36 bits per heavy atom. The van der Waals surface area contributed by atoms with E-state index in [9.17, 15) is 4.79 Å². The number of anilines is 1. The van der Waals surface area contributed by atoms with Gasteiger partial charge >= 0.3 is 6.09 Å². The Hall–Kier alpha value is -2.50. The summed E-state index contributed by atoms with van der Waals surface area (Å²) in [5.41, 5.74) is 2.24. The number of amides is 1. The van der Waals surface area contributed by atoms with Crippen LogP contribution in [-0.2, 0) is 0 Å². The highest BCUT2D eigenvalue weighted by Crippen LogP contribution is 2.39. The first-order valence-electron chi connectivity index (χ1n) is 7.42.